The number of aromatic nitrogens is 1. The molecule has 3 rings (SSSR count). The van der Waals surface area contributed by atoms with Crippen LogP contribution in [0.15, 0.2) is 6.07 Å². The number of fused-ring (bicyclic) bond motifs is 2. The van der Waals surface area contributed by atoms with Crippen molar-refractivity contribution >= 4 is 58.2 Å². The third-order valence-corrected chi connectivity index (χ3v) is 4.42. The molecule has 1 heterocycles. The maximum atomic E-state index is 13.3. The average molecular weight is 393 g/mol. The van der Waals surface area contributed by atoms with Crippen LogP contribution < -0.4 is 10.6 Å². The molecule has 19 heavy (non-hydrogen) atoms. The molecule has 0 aromatic carbocycles. The number of rotatable bonds is 0. The number of hydrogen-bond donors (Lipinski definition) is 0. The van der Waals surface area contributed by atoms with E-state index in [0.29, 0.717) is 0 Å². The molecule has 0 fully saturated rings. The van der Waals surface area contributed by atoms with E-state index in [1.807, 2.05) is 0 Å². The molecule has 1 aromatic rings. The summed E-state index contributed by atoms with van der Waals surface area (Å²) in [7, 11) is 0. The minimum Gasteiger partial charge on any atom is -0.287 e. The second-order valence-corrected chi connectivity index (χ2v) is 5.56. The molecule has 0 bridgehead atoms. The fourth-order valence-electron chi connectivity index (χ4n) is 1.94. The molecule has 0 unspecified atom stereocenters. The lowest BCUT2D eigenvalue weighted by molar-refractivity contribution is -0.108. The van der Waals surface area contributed by atoms with Gasteiger partial charge in [0.25, 0.3) is 5.78 Å². The zero-order chi connectivity index (χ0) is 14.1. The average Bonchev–Trinajstić information content (AvgIpc) is 2.69. The van der Waals surface area contributed by atoms with E-state index in [1.54, 1.807) is 0 Å². The summed E-state index contributed by atoms with van der Waals surface area (Å²) in [5, 5.41) is 0.295. The Morgan fingerprint density at radius 2 is 1.68 bits per heavy atom. The van der Waals surface area contributed by atoms with Gasteiger partial charge >= 0.3 is 5.92 Å². The monoisotopic (exact) mass is 391 g/mol. The van der Waals surface area contributed by atoms with Crippen molar-refractivity contribution < 1.29 is 23.2 Å². The first-order valence-electron chi connectivity index (χ1n) is 4.89. The summed E-state index contributed by atoms with van der Waals surface area (Å²) in [5.41, 5.74) is -1.05. The third kappa shape index (κ3) is 1.41. The number of nitrogens with zero attached hydrogens (tertiary/aromatic N) is 1. The molecule has 0 N–H and O–H groups in total. The van der Waals surface area contributed by atoms with Gasteiger partial charge in [-0.15, -0.1) is 0 Å². The van der Waals surface area contributed by atoms with Crippen molar-refractivity contribution in [2.24, 2.45) is 0 Å². The number of carbonyl (C=O) groups excluding carboxylic acids is 3. The highest BCUT2D eigenvalue weighted by atomic mass is 79.9. The summed E-state index contributed by atoms with van der Waals surface area (Å²) < 4.78 is 26.8. The van der Waals surface area contributed by atoms with E-state index in [2.05, 4.69) is 36.8 Å². The van der Waals surface area contributed by atoms with Gasteiger partial charge in [-0.2, -0.15) is 8.78 Å². The van der Waals surface area contributed by atoms with Crippen LogP contribution >= 0.6 is 31.9 Å². The molecule has 0 amide bonds. The normalized spacial score (nSPS) is 20.1. The standard InChI is InChI=1S/C11HBr2F2NO3/c12-4-2-1-3-7(10(19)11(14,15)9(3)18)16-6(2)5(13)8(4)17/h1H. The minimum atomic E-state index is -4.08. The van der Waals surface area contributed by atoms with E-state index in [-0.39, 0.29) is 19.5 Å². The van der Waals surface area contributed by atoms with Gasteiger partial charge in [0.05, 0.1) is 19.9 Å². The molecule has 2 aliphatic carbocycles. The predicted molar refractivity (Wildman–Crippen MR) is 66.8 cm³/mol. The predicted octanol–water partition coefficient (Wildman–Crippen LogP) is 0.685. The summed E-state index contributed by atoms with van der Waals surface area (Å²) in [6, 6.07) is 1.09. The summed E-state index contributed by atoms with van der Waals surface area (Å²) in [6.45, 7) is 0. The number of ketones is 3. The van der Waals surface area contributed by atoms with Crippen LogP contribution in [0.1, 0.15) is 20.8 Å². The topological polar surface area (TPSA) is 64.1 Å². The molecule has 0 aliphatic heterocycles. The number of alkyl halides is 2. The molecular formula is C11HBr2F2NO3. The van der Waals surface area contributed by atoms with Crippen LogP contribution in [0.3, 0.4) is 0 Å². The number of Topliss-reactive ketones (excluding diaryl/α,β-unsaturated/α-hetero) is 3. The van der Waals surface area contributed by atoms with Crippen LogP contribution in [0.2, 0.25) is 0 Å². The first-order valence-corrected chi connectivity index (χ1v) is 6.48. The van der Waals surface area contributed by atoms with E-state index in [1.165, 1.54) is 0 Å². The Labute approximate surface area is 120 Å². The van der Waals surface area contributed by atoms with Gasteiger partial charge in [0, 0.05) is 5.22 Å². The molecule has 0 radical (unpaired) electrons. The highest BCUT2D eigenvalue weighted by molar-refractivity contribution is 9.16. The Morgan fingerprint density at radius 3 is 2.32 bits per heavy atom. The highest BCUT2D eigenvalue weighted by Gasteiger charge is 2.56. The second-order valence-electron chi connectivity index (χ2n) is 3.97. The molecule has 1 aromatic heterocycles. The second kappa shape index (κ2) is 3.63. The SMILES string of the molecule is O=C1C(Br)=c2cc3c(nc2=C1Br)C(=O)C(F)(F)C3=O. The van der Waals surface area contributed by atoms with Crippen molar-refractivity contribution in [3.63, 3.8) is 0 Å². The van der Waals surface area contributed by atoms with E-state index >= 15 is 0 Å². The van der Waals surface area contributed by atoms with Crippen LogP contribution in [-0.2, 0) is 4.79 Å². The van der Waals surface area contributed by atoms with Crippen molar-refractivity contribution in [3.8, 4) is 0 Å². The summed E-state index contributed by atoms with van der Waals surface area (Å²) >= 11 is 5.99. The zero-order valence-electron chi connectivity index (χ0n) is 8.76. The lowest BCUT2D eigenvalue weighted by Crippen LogP contribution is -2.31. The highest BCUT2D eigenvalue weighted by Crippen LogP contribution is 2.32. The molecule has 0 saturated heterocycles. The first kappa shape index (κ1) is 12.7. The van der Waals surface area contributed by atoms with Gasteiger partial charge < -0.3 is 0 Å². The lowest BCUT2D eigenvalue weighted by Gasteiger charge is -2.01. The molecule has 0 saturated carbocycles. The van der Waals surface area contributed by atoms with Gasteiger partial charge in [0.2, 0.25) is 11.6 Å². The van der Waals surface area contributed by atoms with Crippen molar-refractivity contribution in [1.29, 1.82) is 0 Å². The van der Waals surface area contributed by atoms with Gasteiger partial charge in [-0.05, 0) is 37.9 Å². The summed E-state index contributed by atoms with van der Waals surface area (Å²) in [6.07, 6.45) is 0. The molecule has 2 aliphatic rings. The number of carbonyl (C=O) groups is 3. The van der Waals surface area contributed by atoms with Gasteiger partial charge in [-0.3, -0.25) is 14.4 Å². The van der Waals surface area contributed by atoms with Crippen LogP contribution in [0.25, 0.3) is 8.96 Å². The van der Waals surface area contributed by atoms with E-state index in [0.717, 1.165) is 6.07 Å². The largest absolute Gasteiger partial charge is 0.373 e. The van der Waals surface area contributed by atoms with Gasteiger partial charge in [-0.25, -0.2) is 4.98 Å². The Balaban J connectivity index is 2.47. The molecule has 8 heteroatoms. The lowest BCUT2D eigenvalue weighted by atomic mass is 10.2. The van der Waals surface area contributed by atoms with E-state index < -0.39 is 34.5 Å². The molecule has 0 spiro atoms. The molecule has 96 valence electrons. The van der Waals surface area contributed by atoms with Crippen molar-refractivity contribution in [2.75, 3.05) is 0 Å². The maximum absolute atomic E-state index is 13.3. The van der Waals surface area contributed by atoms with Crippen LogP contribution in [0.5, 0.6) is 0 Å². The van der Waals surface area contributed by atoms with Crippen LogP contribution in [0.4, 0.5) is 8.78 Å². The Morgan fingerprint density at radius 1 is 1.05 bits per heavy atom. The van der Waals surface area contributed by atoms with Crippen molar-refractivity contribution in [3.05, 3.63) is 27.9 Å². The van der Waals surface area contributed by atoms with E-state index in [9.17, 15) is 23.2 Å². The van der Waals surface area contributed by atoms with E-state index in [4.69, 9.17) is 0 Å². The fourth-order valence-corrected chi connectivity index (χ4v) is 3.21. The number of pyridine rings is 1. The minimum absolute atomic E-state index is 0.0626. The van der Waals surface area contributed by atoms with Gasteiger partial charge in [0.1, 0.15) is 5.69 Å². The van der Waals surface area contributed by atoms with Gasteiger partial charge in [0.15, 0.2) is 0 Å². The van der Waals surface area contributed by atoms with Crippen molar-refractivity contribution in [1.82, 2.24) is 4.98 Å². The first-order chi connectivity index (χ1) is 8.76. The zero-order valence-corrected chi connectivity index (χ0v) is 11.9. The summed E-state index contributed by atoms with van der Waals surface area (Å²) in [5.74, 6) is -7.71. The fraction of sp³-hybridized carbons (Fsp3) is 0.0909. The Bertz CT molecular complexity index is 764. The Kier molecular flexibility index (Phi) is 2.44. The number of halogens is 4. The Hall–Kier alpha value is -1.28. The van der Waals surface area contributed by atoms with Crippen LogP contribution in [-0.4, -0.2) is 28.3 Å². The van der Waals surface area contributed by atoms with Crippen molar-refractivity contribution in [2.45, 2.75) is 5.92 Å². The van der Waals surface area contributed by atoms with Gasteiger partial charge in [-0.1, -0.05) is 0 Å². The molecule has 4 nitrogen and oxygen atoms in total. The smallest absolute Gasteiger partial charge is 0.287 e. The number of hydrogen-bond acceptors (Lipinski definition) is 4. The molecular weight excluding hydrogens is 392 g/mol. The third-order valence-electron chi connectivity index (χ3n) is 2.90. The van der Waals surface area contributed by atoms with Crippen LogP contribution in [0, 0.1) is 0 Å². The molecule has 0 atom stereocenters. The quantitative estimate of drug-likeness (QED) is 0.609. The summed E-state index contributed by atoms with van der Waals surface area (Å²) in [4.78, 5) is 38.3. The maximum Gasteiger partial charge on any atom is 0.373 e.